The van der Waals surface area contributed by atoms with Gasteiger partial charge < -0.3 is 9.82 Å². The summed E-state index contributed by atoms with van der Waals surface area (Å²) in [4.78, 5) is 8.41. The van der Waals surface area contributed by atoms with Crippen LogP contribution in [0.4, 0.5) is 0 Å². The van der Waals surface area contributed by atoms with Crippen molar-refractivity contribution >= 4 is 11.0 Å². The smallest absolute Gasteiger partial charge is 0.112 e. The molecule has 2 aromatic rings. The van der Waals surface area contributed by atoms with Crippen molar-refractivity contribution < 1.29 is 4.84 Å². The molecule has 3 heteroatoms. The summed E-state index contributed by atoms with van der Waals surface area (Å²) in [6.07, 6.45) is 3.81. The number of nitrogens with zero attached hydrogens (tertiary/aromatic N) is 1. The second kappa shape index (κ2) is 2.34. The largest absolute Gasteiger partial charge is 0.414 e. The van der Waals surface area contributed by atoms with Gasteiger partial charge in [-0.05, 0) is 19.1 Å². The van der Waals surface area contributed by atoms with Gasteiger partial charge in [0.05, 0.1) is 5.52 Å². The molecule has 0 radical (unpaired) electrons. The van der Waals surface area contributed by atoms with Gasteiger partial charge >= 0.3 is 0 Å². The molecule has 0 spiro atoms. The van der Waals surface area contributed by atoms with E-state index in [2.05, 4.69) is 4.98 Å². The first-order chi connectivity index (χ1) is 5.42. The predicted molar refractivity (Wildman–Crippen MR) is 43.4 cm³/mol. The number of rotatable bonds is 2. The van der Waals surface area contributed by atoms with Crippen LogP contribution in [0.25, 0.3) is 11.0 Å². The third kappa shape index (κ3) is 0.888. The first-order valence-corrected chi connectivity index (χ1v) is 3.69. The van der Waals surface area contributed by atoms with Crippen LogP contribution in [0.2, 0.25) is 0 Å². The van der Waals surface area contributed by atoms with Gasteiger partial charge in [-0.25, -0.2) is 0 Å². The molecule has 11 heavy (non-hydrogen) atoms. The second-order valence-electron chi connectivity index (χ2n) is 2.34. The van der Waals surface area contributed by atoms with Crippen molar-refractivity contribution in [1.29, 1.82) is 0 Å². The first kappa shape index (κ1) is 6.34. The lowest BCUT2D eigenvalue weighted by Gasteiger charge is -2.02. The minimum Gasteiger partial charge on any atom is -0.414 e. The monoisotopic (exact) mass is 150 g/mol. The Kier molecular flexibility index (Phi) is 1.35. The van der Waals surface area contributed by atoms with E-state index in [9.17, 15) is 0 Å². The Hall–Kier alpha value is -1.38. The quantitative estimate of drug-likeness (QED) is 0.689. The highest BCUT2D eigenvalue weighted by molar-refractivity contribution is 5.75. The van der Waals surface area contributed by atoms with Crippen LogP contribution in [0.1, 0.15) is 6.92 Å². The van der Waals surface area contributed by atoms with Gasteiger partial charge in [-0.3, -0.25) is 0 Å². The van der Waals surface area contributed by atoms with E-state index in [0.29, 0.717) is 6.61 Å². The normalized spacial score (nSPS) is 10.6. The summed E-state index contributed by atoms with van der Waals surface area (Å²) in [5.74, 6) is 0. The van der Waals surface area contributed by atoms with Gasteiger partial charge in [-0.2, -0.15) is 4.73 Å². The average molecular weight is 150 g/mol. The zero-order valence-electron chi connectivity index (χ0n) is 6.37. The average Bonchev–Trinajstić information content (AvgIpc) is 2.53. The Morgan fingerprint density at radius 3 is 3.27 bits per heavy atom. The van der Waals surface area contributed by atoms with Crippen molar-refractivity contribution in [2.24, 2.45) is 0 Å². The van der Waals surface area contributed by atoms with Crippen molar-refractivity contribution in [3.8, 4) is 0 Å². The van der Waals surface area contributed by atoms with Gasteiger partial charge in [0.2, 0.25) is 0 Å². The second-order valence-corrected chi connectivity index (χ2v) is 2.34. The van der Waals surface area contributed by atoms with Gasteiger partial charge in [0.1, 0.15) is 12.1 Å². The standard InChI is InChI=1S/C8H10N2O/c1-2-11-10-6-4-7-8(10)3-5-9-7/h3-6,9H,2H2,1H3. The maximum absolute atomic E-state index is 5.31. The molecule has 0 aliphatic rings. The van der Waals surface area contributed by atoms with Crippen molar-refractivity contribution in [2.45, 2.75) is 6.92 Å². The Morgan fingerprint density at radius 2 is 2.45 bits per heavy atom. The fourth-order valence-corrected chi connectivity index (χ4v) is 1.17. The molecule has 0 saturated heterocycles. The van der Waals surface area contributed by atoms with Gasteiger partial charge in [-0.1, -0.05) is 0 Å². The first-order valence-electron chi connectivity index (χ1n) is 3.69. The molecule has 0 bridgehead atoms. The van der Waals surface area contributed by atoms with E-state index in [0.717, 1.165) is 11.0 Å². The lowest BCUT2D eigenvalue weighted by molar-refractivity contribution is 0.132. The molecule has 0 amide bonds. The van der Waals surface area contributed by atoms with Crippen molar-refractivity contribution in [3.63, 3.8) is 0 Å². The van der Waals surface area contributed by atoms with Crippen molar-refractivity contribution in [1.82, 2.24) is 9.71 Å². The number of aromatic amines is 1. The molecule has 0 atom stereocenters. The Labute approximate surface area is 64.5 Å². The van der Waals surface area contributed by atoms with E-state index in [-0.39, 0.29) is 0 Å². The maximum atomic E-state index is 5.31. The van der Waals surface area contributed by atoms with Crippen LogP contribution >= 0.6 is 0 Å². The third-order valence-corrected chi connectivity index (χ3v) is 1.64. The van der Waals surface area contributed by atoms with Crippen molar-refractivity contribution in [3.05, 3.63) is 24.5 Å². The SMILES string of the molecule is CCOn1ccc2[nH]ccc21. The number of H-pyrrole nitrogens is 1. The summed E-state index contributed by atoms with van der Waals surface area (Å²) in [5.41, 5.74) is 2.20. The molecule has 1 N–H and O–H groups in total. The lowest BCUT2D eigenvalue weighted by atomic mass is 10.5. The molecule has 58 valence electrons. The van der Waals surface area contributed by atoms with E-state index in [1.807, 2.05) is 31.5 Å². The van der Waals surface area contributed by atoms with Crippen LogP contribution < -0.4 is 4.84 Å². The molecule has 0 saturated carbocycles. The van der Waals surface area contributed by atoms with Crippen LogP contribution in [-0.2, 0) is 0 Å². The minimum absolute atomic E-state index is 0.689. The number of fused-ring (bicyclic) bond motifs is 1. The molecule has 2 rings (SSSR count). The summed E-state index contributed by atoms with van der Waals surface area (Å²) >= 11 is 0. The Morgan fingerprint density at radius 1 is 1.55 bits per heavy atom. The van der Waals surface area contributed by atoms with Gasteiger partial charge in [0.25, 0.3) is 0 Å². The van der Waals surface area contributed by atoms with Gasteiger partial charge in [0, 0.05) is 12.4 Å². The highest BCUT2D eigenvalue weighted by atomic mass is 16.7. The molecule has 0 fully saturated rings. The number of hydrogen-bond acceptors (Lipinski definition) is 1. The summed E-state index contributed by atoms with van der Waals surface area (Å²) in [7, 11) is 0. The summed E-state index contributed by atoms with van der Waals surface area (Å²) in [5, 5.41) is 0. The fourth-order valence-electron chi connectivity index (χ4n) is 1.17. The van der Waals surface area contributed by atoms with E-state index >= 15 is 0 Å². The summed E-state index contributed by atoms with van der Waals surface area (Å²) in [6, 6.07) is 3.98. The molecular formula is C8H10N2O. The minimum atomic E-state index is 0.689. The molecule has 0 unspecified atom stereocenters. The third-order valence-electron chi connectivity index (χ3n) is 1.64. The lowest BCUT2D eigenvalue weighted by Crippen LogP contribution is -2.07. The topological polar surface area (TPSA) is 29.9 Å². The van der Waals surface area contributed by atoms with Crippen LogP contribution in [-0.4, -0.2) is 16.3 Å². The van der Waals surface area contributed by atoms with Crippen LogP contribution in [0, 0.1) is 0 Å². The van der Waals surface area contributed by atoms with E-state index in [4.69, 9.17) is 4.84 Å². The number of hydrogen-bond donors (Lipinski definition) is 1. The van der Waals surface area contributed by atoms with E-state index < -0.39 is 0 Å². The van der Waals surface area contributed by atoms with Crippen molar-refractivity contribution in [2.75, 3.05) is 6.61 Å². The molecular weight excluding hydrogens is 140 g/mol. The summed E-state index contributed by atoms with van der Waals surface area (Å²) in [6.45, 7) is 2.66. The highest BCUT2D eigenvalue weighted by Gasteiger charge is 1.99. The number of aromatic nitrogens is 2. The van der Waals surface area contributed by atoms with Crippen LogP contribution in [0.3, 0.4) is 0 Å². The Bertz CT molecular complexity index is 347. The molecule has 0 aliphatic heterocycles. The van der Waals surface area contributed by atoms with Gasteiger partial charge in [-0.15, -0.1) is 0 Å². The molecule has 2 heterocycles. The van der Waals surface area contributed by atoms with E-state index in [1.165, 1.54) is 0 Å². The zero-order chi connectivity index (χ0) is 7.68. The molecule has 0 aromatic carbocycles. The number of nitrogens with one attached hydrogen (secondary N) is 1. The maximum Gasteiger partial charge on any atom is 0.112 e. The highest BCUT2D eigenvalue weighted by Crippen LogP contribution is 2.11. The molecule has 0 aliphatic carbocycles. The fraction of sp³-hybridized carbons (Fsp3) is 0.250. The van der Waals surface area contributed by atoms with E-state index in [1.54, 1.807) is 4.73 Å². The van der Waals surface area contributed by atoms with Gasteiger partial charge in [0.15, 0.2) is 0 Å². The Balaban J connectivity index is 2.51. The molecule has 3 nitrogen and oxygen atoms in total. The predicted octanol–water partition coefficient (Wildman–Crippen LogP) is 1.42. The molecule has 2 aromatic heterocycles. The summed E-state index contributed by atoms with van der Waals surface area (Å²) < 4.78 is 1.77. The van der Waals surface area contributed by atoms with Crippen LogP contribution in [0.5, 0.6) is 0 Å². The van der Waals surface area contributed by atoms with Crippen LogP contribution in [0.15, 0.2) is 24.5 Å². The zero-order valence-corrected chi connectivity index (χ0v) is 6.37.